The number of benzene rings is 1. The number of hydrogen-bond acceptors (Lipinski definition) is 6. The Labute approximate surface area is 141 Å². The Morgan fingerprint density at radius 2 is 1.88 bits per heavy atom. The van der Waals surface area contributed by atoms with E-state index >= 15 is 0 Å². The molecule has 0 aliphatic heterocycles. The first kappa shape index (κ1) is 17.5. The minimum absolute atomic E-state index is 0.232. The standard InChI is InChI=1S/C17H22N4O3/c1-5-21(6-2)16-11-18-14(10-19-16)17(22)20-13-9-12(23-3)7-8-15(13)24-4/h7-11H,5-6H2,1-4H3,(H,20,22). The van der Waals surface area contributed by atoms with Crippen molar-refractivity contribution in [2.75, 3.05) is 37.5 Å². The van der Waals surface area contributed by atoms with Gasteiger partial charge >= 0.3 is 0 Å². The molecule has 1 N–H and O–H groups in total. The molecule has 24 heavy (non-hydrogen) atoms. The van der Waals surface area contributed by atoms with Crippen molar-refractivity contribution in [3.8, 4) is 11.5 Å². The van der Waals surface area contributed by atoms with Gasteiger partial charge in [-0.3, -0.25) is 4.79 Å². The van der Waals surface area contributed by atoms with Crippen molar-refractivity contribution in [1.82, 2.24) is 9.97 Å². The average molecular weight is 330 g/mol. The maximum atomic E-state index is 12.4. The molecule has 0 spiro atoms. The molecule has 1 aromatic heterocycles. The lowest BCUT2D eigenvalue weighted by Crippen LogP contribution is -2.23. The van der Waals surface area contributed by atoms with Gasteiger partial charge in [0.25, 0.3) is 5.91 Å². The summed E-state index contributed by atoms with van der Waals surface area (Å²) in [6, 6.07) is 5.17. The Morgan fingerprint density at radius 3 is 2.42 bits per heavy atom. The summed E-state index contributed by atoms with van der Waals surface area (Å²) in [5.41, 5.74) is 0.743. The fourth-order valence-electron chi connectivity index (χ4n) is 2.25. The Balaban J connectivity index is 2.18. The van der Waals surface area contributed by atoms with Crippen LogP contribution in [0.2, 0.25) is 0 Å². The van der Waals surface area contributed by atoms with Crippen LogP contribution in [-0.4, -0.2) is 43.2 Å². The first-order valence-corrected chi connectivity index (χ1v) is 7.73. The smallest absolute Gasteiger partial charge is 0.275 e. The number of carbonyl (C=O) groups excluding carboxylic acids is 1. The van der Waals surface area contributed by atoms with E-state index in [0.29, 0.717) is 17.2 Å². The van der Waals surface area contributed by atoms with Crippen LogP contribution in [0.3, 0.4) is 0 Å². The SMILES string of the molecule is CCN(CC)c1cnc(C(=O)Nc2cc(OC)ccc2OC)cn1. The molecule has 7 heteroatoms. The first-order valence-electron chi connectivity index (χ1n) is 7.73. The van der Waals surface area contributed by atoms with Crippen LogP contribution in [-0.2, 0) is 0 Å². The molecular formula is C17H22N4O3. The summed E-state index contributed by atoms with van der Waals surface area (Å²) in [5.74, 6) is 1.54. The molecule has 0 saturated heterocycles. The van der Waals surface area contributed by atoms with E-state index in [0.717, 1.165) is 18.9 Å². The quantitative estimate of drug-likeness (QED) is 0.841. The van der Waals surface area contributed by atoms with Gasteiger partial charge in [0.05, 0.1) is 32.3 Å². The van der Waals surface area contributed by atoms with E-state index in [1.165, 1.54) is 13.3 Å². The second kappa shape index (κ2) is 8.14. The third-order valence-electron chi connectivity index (χ3n) is 3.61. The summed E-state index contributed by atoms with van der Waals surface area (Å²) >= 11 is 0. The summed E-state index contributed by atoms with van der Waals surface area (Å²) in [4.78, 5) is 22.9. The van der Waals surface area contributed by atoms with Gasteiger partial charge in [-0.1, -0.05) is 0 Å². The highest BCUT2D eigenvalue weighted by Gasteiger charge is 2.13. The molecule has 7 nitrogen and oxygen atoms in total. The van der Waals surface area contributed by atoms with E-state index < -0.39 is 0 Å². The topological polar surface area (TPSA) is 76.6 Å². The van der Waals surface area contributed by atoms with Crippen molar-refractivity contribution in [3.63, 3.8) is 0 Å². The number of aromatic nitrogens is 2. The number of ether oxygens (including phenoxy) is 2. The van der Waals surface area contributed by atoms with Gasteiger partial charge in [-0.2, -0.15) is 0 Å². The maximum Gasteiger partial charge on any atom is 0.275 e. The van der Waals surface area contributed by atoms with Crippen molar-refractivity contribution in [1.29, 1.82) is 0 Å². The predicted molar refractivity (Wildman–Crippen MR) is 93.1 cm³/mol. The van der Waals surface area contributed by atoms with Gasteiger partial charge in [0.2, 0.25) is 0 Å². The van der Waals surface area contributed by atoms with E-state index in [-0.39, 0.29) is 11.6 Å². The number of hydrogen-bond donors (Lipinski definition) is 1. The lowest BCUT2D eigenvalue weighted by Gasteiger charge is -2.19. The predicted octanol–water partition coefficient (Wildman–Crippen LogP) is 2.59. The Hall–Kier alpha value is -2.83. The van der Waals surface area contributed by atoms with Gasteiger partial charge in [0.1, 0.15) is 23.0 Å². The van der Waals surface area contributed by atoms with E-state index in [9.17, 15) is 4.79 Å². The Morgan fingerprint density at radius 1 is 1.12 bits per heavy atom. The lowest BCUT2D eigenvalue weighted by atomic mass is 10.2. The highest BCUT2D eigenvalue weighted by atomic mass is 16.5. The molecule has 0 fully saturated rings. The summed E-state index contributed by atoms with van der Waals surface area (Å²) in [7, 11) is 3.10. The molecular weight excluding hydrogens is 308 g/mol. The van der Waals surface area contributed by atoms with Crippen molar-refractivity contribution in [3.05, 3.63) is 36.3 Å². The molecule has 128 valence electrons. The Bertz CT molecular complexity index is 685. The summed E-state index contributed by atoms with van der Waals surface area (Å²) in [6.45, 7) is 5.75. The Kier molecular flexibility index (Phi) is 5.95. The molecule has 1 amide bonds. The third-order valence-corrected chi connectivity index (χ3v) is 3.61. The minimum Gasteiger partial charge on any atom is -0.497 e. The third kappa shape index (κ3) is 3.92. The van der Waals surface area contributed by atoms with E-state index in [2.05, 4.69) is 20.2 Å². The molecule has 0 unspecified atom stereocenters. The van der Waals surface area contributed by atoms with Crippen LogP contribution in [0, 0.1) is 0 Å². The van der Waals surface area contributed by atoms with Crippen LogP contribution < -0.4 is 19.7 Å². The second-order valence-corrected chi connectivity index (χ2v) is 4.95. The molecule has 1 aromatic carbocycles. The van der Waals surface area contributed by atoms with Crippen LogP contribution in [0.1, 0.15) is 24.3 Å². The fraction of sp³-hybridized carbons (Fsp3) is 0.353. The number of nitrogens with one attached hydrogen (secondary N) is 1. The maximum absolute atomic E-state index is 12.4. The number of nitrogens with zero attached hydrogens (tertiary/aromatic N) is 3. The monoisotopic (exact) mass is 330 g/mol. The highest BCUT2D eigenvalue weighted by Crippen LogP contribution is 2.29. The van der Waals surface area contributed by atoms with Gasteiger partial charge < -0.3 is 19.7 Å². The summed E-state index contributed by atoms with van der Waals surface area (Å²) in [6.07, 6.45) is 3.07. The molecule has 0 radical (unpaired) electrons. The van der Waals surface area contributed by atoms with Crippen LogP contribution in [0.5, 0.6) is 11.5 Å². The van der Waals surface area contributed by atoms with Crippen molar-refractivity contribution in [2.45, 2.75) is 13.8 Å². The molecule has 1 heterocycles. The van der Waals surface area contributed by atoms with Gasteiger partial charge in [0.15, 0.2) is 0 Å². The molecule has 0 saturated carbocycles. The first-order chi connectivity index (χ1) is 11.6. The lowest BCUT2D eigenvalue weighted by molar-refractivity contribution is 0.102. The van der Waals surface area contributed by atoms with Crippen LogP contribution in [0.4, 0.5) is 11.5 Å². The zero-order chi connectivity index (χ0) is 17.5. The van der Waals surface area contributed by atoms with Crippen molar-refractivity contribution < 1.29 is 14.3 Å². The normalized spacial score (nSPS) is 10.2. The summed E-state index contributed by atoms with van der Waals surface area (Å²) < 4.78 is 10.4. The largest absolute Gasteiger partial charge is 0.497 e. The average Bonchev–Trinajstić information content (AvgIpc) is 2.63. The highest BCUT2D eigenvalue weighted by molar-refractivity contribution is 6.03. The number of carbonyl (C=O) groups is 1. The van der Waals surface area contributed by atoms with Crippen LogP contribution in [0.15, 0.2) is 30.6 Å². The fourth-order valence-corrected chi connectivity index (χ4v) is 2.25. The molecule has 2 aromatic rings. The van der Waals surface area contributed by atoms with Crippen molar-refractivity contribution in [2.24, 2.45) is 0 Å². The van der Waals surface area contributed by atoms with Gasteiger partial charge in [-0.15, -0.1) is 0 Å². The molecule has 2 rings (SSSR count). The zero-order valence-corrected chi connectivity index (χ0v) is 14.4. The van der Waals surface area contributed by atoms with E-state index in [1.54, 1.807) is 31.5 Å². The van der Waals surface area contributed by atoms with Gasteiger partial charge in [-0.25, -0.2) is 9.97 Å². The van der Waals surface area contributed by atoms with E-state index in [1.807, 2.05) is 13.8 Å². The molecule has 0 atom stereocenters. The number of rotatable bonds is 7. The number of methoxy groups -OCH3 is 2. The van der Waals surface area contributed by atoms with E-state index in [4.69, 9.17) is 9.47 Å². The second-order valence-electron chi connectivity index (χ2n) is 4.95. The summed E-state index contributed by atoms with van der Waals surface area (Å²) in [5, 5.41) is 2.77. The van der Waals surface area contributed by atoms with Crippen LogP contribution >= 0.6 is 0 Å². The molecule has 0 bridgehead atoms. The van der Waals surface area contributed by atoms with Crippen molar-refractivity contribution >= 4 is 17.4 Å². The number of anilines is 2. The molecule has 0 aliphatic rings. The van der Waals surface area contributed by atoms with Crippen LogP contribution in [0.25, 0.3) is 0 Å². The number of amides is 1. The van der Waals surface area contributed by atoms with Gasteiger partial charge in [-0.05, 0) is 26.0 Å². The molecule has 0 aliphatic carbocycles. The minimum atomic E-state index is -0.361. The van der Waals surface area contributed by atoms with Gasteiger partial charge in [0, 0.05) is 19.2 Å². The zero-order valence-electron chi connectivity index (χ0n) is 14.4.